The number of aromatic nitrogens is 1. The summed E-state index contributed by atoms with van der Waals surface area (Å²) in [5.41, 5.74) is 5.49. The number of carbonyl (C=O) groups excluding carboxylic acids is 1. The molecule has 5 heteroatoms. The summed E-state index contributed by atoms with van der Waals surface area (Å²) in [6, 6.07) is 24.4. The number of carbonyl (C=O) groups is 1. The van der Waals surface area contributed by atoms with Gasteiger partial charge in [-0.3, -0.25) is 4.79 Å². The quantitative estimate of drug-likeness (QED) is 0.358. The summed E-state index contributed by atoms with van der Waals surface area (Å²) < 4.78 is 27.8. The smallest absolute Gasteiger partial charge is 0.267 e. The fourth-order valence-corrected chi connectivity index (χ4v) is 5.19. The maximum absolute atomic E-state index is 13.3. The van der Waals surface area contributed by atoms with E-state index in [0.29, 0.717) is 5.56 Å². The summed E-state index contributed by atoms with van der Waals surface area (Å²) in [6.07, 6.45) is 3.38. The lowest BCUT2D eigenvalue weighted by Crippen LogP contribution is -2.11. The standard InChI is InChI=1S/C27H25NO3S/c1-19-9-15-25(16-10-19)32(30,31)28-17-20(2)26(18-28)27(23-7-5-4-6-8-23)24-13-11-22(12-14-24)21(3)29/h4-18,27H,1-3H3. The molecule has 1 aromatic heterocycles. The molecule has 4 rings (SSSR count). The van der Waals surface area contributed by atoms with Crippen LogP contribution in [0, 0.1) is 13.8 Å². The van der Waals surface area contributed by atoms with E-state index in [2.05, 4.69) is 0 Å². The van der Waals surface area contributed by atoms with Gasteiger partial charge < -0.3 is 0 Å². The zero-order valence-electron chi connectivity index (χ0n) is 18.3. The first-order valence-corrected chi connectivity index (χ1v) is 11.9. The molecule has 3 aromatic carbocycles. The van der Waals surface area contributed by atoms with E-state index in [9.17, 15) is 13.2 Å². The highest BCUT2D eigenvalue weighted by molar-refractivity contribution is 7.90. The van der Waals surface area contributed by atoms with E-state index in [1.807, 2.05) is 68.4 Å². The van der Waals surface area contributed by atoms with E-state index < -0.39 is 10.0 Å². The minimum atomic E-state index is -3.70. The van der Waals surface area contributed by atoms with Crippen molar-refractivity contribution < 1.29 is 13.2 Å². The lowest BCUT2D eigenvalue weighted by molar-refractivity contribution is 0.101. The van der Waals surface area contributed by atoms with Gasteiger partial charge in [0.2, 0.25) is 0 Å². The first-order valence-electron chi connectivity index (χ1n) is 10.4. The number of nitrogens with zero attached hydrogens (tertiary/aromatic N) is 1. The van der Waals surface area contributed by atoms with Gasteiger partial charge in [0, 0.05) is 23.9 Å². The molecule has 0 aliphatic carbocycles. The Kier molecular flexibility index (Phi) is 5.85. The van der Waals surface area contributed by atoms with Crippen LogP contribution in [0.25, 0.3) is 0 Å². The minimum absolute atomic E-state index is 0.0133. The zero-order chi connectivity index (χ0) is 22.9. The van der Waals surface area contributed by atoms with E-state index in [-0.39, 0.29) is 16.6 Å². The molecule has 4 nitrogen and oxygen atoms in total. The zero-order valence-corrected chi connectivity index (χ0v) is 19.1. The van der Waals surface area contributed by atoms with Crippen molar-refractivity contribution in [3.05, 3.63) is 125 Å². The van der Waals surface area contributed by atoms with Crippen LogP contribution in [0.15, 0.2) is 96.2 Å². The third kappa shape index (κ3) is 4.16. The molecule has 1 atom stereocenters. The van der Waals surface area contributed by atoms with Crippen LogP contribution >= 0.6 is 0 Å². The van der Waals surface area contributed by atoms with Crippen molar-refractivity contribution in [3.8, 4) is 0 Å². The normalized spacial score (nSPS) is 12.5. The Bertz CT molecular complexity index is 1350. The summed E-state index contributed by atoms with van der Waals surface area (Å²) in [6.45, 7) is 5.40. The molecule has 0 fully saturated rings. The van der Waals surface area contributed by atoms with Crippen molar-refractivity contribution in [2.75, 3.05) is 0 Å². The maximum atomic E-state index is 13.3. The van der Waals surface area contributed by atoms with Gasteiger partial charge in [0.15, 0.2) is 5.78 Å². The first kappa shape index (κ1) is 21.8. The van der Waals surface area contributed by atoms with Crippen molar-refractivity contribution in [1.29, 1.82) is 0 Å². The van der Waals surface area contributed by atoms with Crippen LogP contribution in [0.2, 0.25) is 0 Å². The topological polar surface area (TPSA) is 56.1 Å². The van der Waals surface area contributed by atoms with Crippen LogP contribution in [0.5, 0.6) is 0 Å². The molecular weight excluding hydrogens is 418 g/mol. The SMILES string of the molecule is CC(=O)c1ccc(C(c2ccccc2)c2cn(S(=O)(=O)c3ccc(C)cc3)cc2C)cc1. The van der Waals surface area contributed by atoms with Crippen molar-refractivity contribution in [2.24, 2.45) is 0 Å². The highest BCUT2D eigenvalue weighted by Gasteiger charge is 2.24. The summed E-state index contributed by atoms with van der Waals surface area (Å²) in [5, 5.41) is 0. The van der Waals surface area contributed by atoms with Gasteiger partial charge in [-0.25, -0.2) is 12.4 Å². The largest absolute Gasteiger partial charge is 0.295 e. The predicted molar refractivity (Wildman–Crippen MR) is 127 cm³/mol. The van der Waals surface area contributed by atoms with Gasteiger partial charge in [-0.1, -0.05) is 72.3 Å². The molecule has 4 aromatic rings. The third-order valence-electron chi connectivity index (χ3n) is 5.73. The Morgan fingerprint density at radius 3 is 1.97 bits per heavy atom. The predicted octanol–water partition coefficient (Wildman–Crippen LogP) is 5.72. The Morgan fingerprint density at radius 2 is 1.38 bits per heavy atom. The van der Waals surface area contributed by atoms with Crippen LogP contribution < -0.4 is 0 Å². The summed E-state index contributed by atoms with van der Waals surface area (Å²) in [4.78, 5) is 12.0. The van der Waals surface area contributed by atoms with E-state index in [1.165, 1.54) is 3.97 Å². The fourth-order valence-electron chi connectivity index (χ4n) is 3.92. The molecule has 0 saturated carbocycles. The van der Waals surface area contributed by atoms with Gasteiger partial charge in [-0.15, -0.1) is 0 Å². The van der Waals surface area contributed by atoms with Gasteiger partial charge in [-0.05, 0) is 55.2 Å². The number of aryl methyl sites for hydroxylation is 2. The van der Waals surface area contributed by atoms with Crippen LogP contribution in [0.3, 0.4) is 0 Å². The van der Waals surface area contributed by atoms with Crippen LogP contribution in [0.1, 0.15) is 51.0 Å². The summed E-state index contributed by atoms with van der Waals surface area (Å²) >= 11 is 0. The molecule has 0 aliphatic rings. The second-order valence-electron chi connectivity index (χ2n) is 8.07. The lowest BCUT2D eigenvalue weighted by Gasteiger charge is -2.19. The average Bonchev–Trinajstić information content (AvgIpc) is 3.17. The van der Waals surface area contributed by atoms with Gasteiger partial charge in [0.25, 0.3) is 10.0 Å². The van der Waals surface area contributed by atoms with Gasteiger partial charge in [-0.2, -0.15) is 0 Å². The Hall–Kier alpha value is -3.44. The minimum Gasteiger partial charge on any atom is -0.295 e. The molecule has 0 spiro atoms. The lowest BCUT2D eigenvalue weighted by atomic mass is 9.84. The van der Waals surface area contributed by atoms with E-state index in [0.717, 1.165) is 27.8 Å². The molecule has 0 saturated heterocycles. The average molecular weight is 444 g/mol. The van der Waals surface area contributed by atoms with Gasteiger partial charge in [0.1, 0.15) is 0 Å². The second kappa shape index (κ2) is 8.60. The van der Waals surface area contributed by atoms with Crippen LogP contribution in [0.4, 0.5) is 0 Å². The monoisotopic (exact) mass is 443 g/mol. The van der Waals surface area contributed by atoms with Crippen molar-refractivity contribution in [3.63, 3.8) is 0 Å². The Balaban J connectivity index is 1.83. The highest BCUT2D eigenvalue weighted by atomic mass is 32.2. The highest BCUT2D eigenvalue weighted by Crippen LogP contribution is 2.35. The number of ketones is 1. The van der Waals surface area contributed by atoms with Crippen molar-refractivity contribution >= 4 is 15.8 Å². The second-order valence-corrected chi connectivity index (χ2v) is 9.91. The first-order chi connectivity index (χ1) is 15.3. The fraction of sp³-hybridized carbons (Fsp3) is 0.148. The van der Waals surface area contributed by atoms with E-state index in [4.69, 9.17) is 0 Å². The molecule has 0 bridgehead atoms. The summed E-state index contributed by atoms with van der Waals surface area (Å²) in [5.74, 6) is -0.147. The molecule has 1 heterocycles. The maximum Gasteiger partial charge on any atom is 0.267 e. The van der Waals surface area contributed by atoms with E-state index in [1.54, 1.807) is 43.6 Å². The van der Waals surface area contributed by atoms with Crippen LogP contribution in [-0.2, 0) is 10.0 Å². The molecule has 1 unspecified atom stereocenters. The number of benzene rings is 3. The van der Waals surface area contributed by atoms with Crippen molar-refractivity contribution in [2.45, 2.75) is 31.6 Å². The molecule has 32 heavy (non-hydrogen) atoms. The summed E-state index contributed by atoms with van der Waals surface area (Å²) in [7, 11) is -3.70. The number of rotatable bonds is 6. The van der Waals surface area contributed by atoms with Crippen LogP contribution in [-0.4, -0.2) is 18.2 Å². The molecule has 162 valence electrons. The van der Waals surface area contributed by atoms with Crippen molar-refractivity contribution in [1.82, 2.24) is 3.97 Å². The Labute approximate surface area is 189 Å². The molecular formula is C27H25NO3S. The van der Waals surface area contributed by atoms with Gasteiger partial charge >= 0.3 is 0 Å². The molecule has 0 aliphatic heterocycles. The number of hydrogen-bond acceptors (Lipinski definition) is 3. The number of Topliss-reactive ketones (excluding diaryl/α,β-unsaturated/α-hetero) is 1. The number of hydrogen-bond donors (Lipinski definition) is 0. The Morgan fingerprint density at radius 1 is 0.781 bits per heavy atom. The molecule has 0 radical (unpaired) electrons. The molecule has 0 N–H and O–H groups in total. The van der Waals surface area contributed by atoms with E-state index >= 15 is 0 Å². The third-order valence-corrected chi connectivity index (χ3v) is 7.37. The van der Waals surface area contributed by atoms with Gasteiger partial charge in [0.05, 0.1) is 4.90 Å². The molecule has 0 amide bonds.